The van der Waals surface area contributed by atoms with Crippen LogP contribution in [0.3, 0.4) is 0 Å². The van der Waals surface area contributed by atoms with Crippen molar-refractivity contribution >= 4 is 17.9 Å². The second kappa shape index (κ2) is 45.5. The summed E-state index contributed by atoms with van der Waals surface area (Å²) in [7, 11) is 0. The average Bonchev–Trinajstić information content (AvgIpc) is 3.19. The molecule has 0 heterocycles. The molecule has 0 aliphatic rings. The molecule has 0 rings (SSSR count). The maximum atomic E-state index is 12.8. The lowest BCUT2D eigenvalue weighted by atomic mass is 10.0. The van der Waals surface area contributed by atoms with Crippen LogP contribution >= 0.6 is 0 Å². The molecule has 0 radical (unpaired) electrons. The van der Waals surface area contributed by atoms with Crippen LogP contribution < -0.4 is 0 Å². The summed E-state index contributed by atoms with van der Waals surface area (Å²) >= 11 is 0. The van der Waals surface area contributed by atoms with Crippen molar-refractivity contribution in [1.82, 2.24) is 0 Å². The molecule has 1 atom stereocenters. The van der Waals surface area contributed by atoms with Crippen LogP contribution in [0.5, 0.6) is 0 Å². The number of unbranched alkanes of at least 4 members (excludes halogenated alkanes) is 33. The molecule has 57 heavy (non-hydrogen) atoms. The standard InChI is InChI=1S/C51H98O6/c1-5-7-9-11-13-15-17-18-19-20-21-22-24-26-32-36-40-44-51(54)57-48(45-55-49(52)42-38-34-30-25-23-16-14-12-10-8-6-2)46-56-50(53)43-39-35-31-28-27-29-33-37-41-47(3)4/h47-48H,5-46H2,1-4H3/t48-/m0/s1. The van der Waals surface area contributed by atoms with Crippen molar-refractivity contribution in [2.75, 3.05) is 13.2 Å². The van der Waals surface area contributed by atoms with Gasteiger partial charge in [0, 0.05) is 19.3 Å². The van der Waals surface area contributed by atoms with Gasteiger partial charge in [-0.2, -0.15) is 0 Å². The lowest BCUT2D eigenvalue weighted by Gasteiger charge is -2.18. The zero-order valence-corrected chi connectivity index (χ0v) is 38.8. The van der Waals surface area contributed by atoms with Crippen molar-refractivity contribution < 1.29 is 28.6 Å². The van der Waals surface area contributed by atoms with E-state index in [0.717, 1.165) is 63.7 Å². The summed E-state index contributed by atoms with van der Waals surface area (Å²) in [6.45, 7) is 8.98. The van der Waals surface area contributed by atoms with E-state index < -0.39 is 6.10 Å². The SMILES string of the molecule is CCCCCCCCCCCCCCCCCCCC(=O)O[C@@H](COC(=O)CCCCCCCCCCCCC)COC(=O)CCCCCCCCCCC(C)C. The van der Waals surface area contributed by atoms with Crippen LogP contribution in [0, 0.1) is 5.92 Å². The smallest absolute Gasteiger partial charge is 0.306 e. The third-order valence-electron chi connectivity index (χ3n) is 11.5. The Labute approximate surface area is 355 Å². The lowest BCUT2D eigenvalue weighted by molar-refractivity contribution is -0.167. The first kappa shape index (κ1) is 55.4. The van der Waals surface area contributed by atoms with Gasteiger partial charge in [-0.3, -0.25) is 14.4 Å². The van der Waals surface area contributed by atoms with Crippen LogP contribution in [0.2, 0.25) is 0 Å². The van der Waals surface area contributed by atoms with Gasteiger partial charge in [0.15, 0.2) is 6.10 Å². The summed E-state index contributed by atoms with van der Waals surface area (Å²) in [6.07, 6.45) is 46.6. The van der Waals surface area contributed by atoms with Gasteiger partial charge in [0.25, 0.3) is 0 Å². The van der Waals surface area contributed by atoms with Crippen LogP contribution in [-0.4, -0.2) is 37.2 Å². The molecule has 0 amide bonds. The van der Waals surface area contributed by atoms with E-state index in [-0.39, 0.29) is 31.1 Å². The molecule has 0 aliphatic carbocycles. The van der Waals surface area contributed by atoms with Crippen LogP contribution in [-0.2, 0) is 28.6 Å². The number of ether oxygens (including phenoxy) is 3. The van der Waals surface area contributed by atoms with E-state index in [1.54, 1.807) is 0 Å². The van der Waals surface area contributed by atoms with Gasteiger partial charge in [-0.05, 0) is 25.2 Å². The van der Waals surface area contributed by atoms with E-state index in [0.29, 0.717) is 19.3 Å². The second-order valence-electron chi connectivity index (χ2n) is 17.9. The molecule has 0 unspecified atom stereocenters. The fraction of sp³-hybridized carbons (Fsp3) is 0.941. The Morgan fingerprint density at radius 1 is 0.333 bits per heavy atom. The number of hydrogen-bond acceptors (Lipinski definition) is 6. The summed E-state index contributed by atoms with van der Waals surface area (Å²) in [6, 6.07) is 0. The van der Waals surface area contributed by atoms with E-state index >= 15 is 0 Å². The van der Waals surface area contributed by atoms with Crippen molar-refractivity contribution in [3.63, 3.8) is 0 Å². The van der Waals surface area contributed by atoms with Crippen molar-refractivity contribution in [2.45, 2.75) is 291 Å². The third-order valence-corrected chi connectivity index (χ3v) is 11.5. The van der Waals surface area contributed by atoms with Gasteiger partial charge in [-0.1, -0.05) is 246 Å². The van der Waals surface area contributed by atoms with Gasteiger partial charge >= 0.3 is 17.9 Å². The van der Waals surface area contributed by atoms with E-state index in [1.807, 2.05) is 0 Å². The minimum absolute atomic E-state index is 0.0634. The molecular weight excluding hydrogens is 709 g/mol. The highest BCUT2D eigenvalue weighted by molar-refractivity contribution is 5.71. The van der Waals surface area contributed by atoms with Crippen LogP contribution in [0.15, 0.2) is 0 Å². The summed E-state index contributed by atoms with van der Waals surface area (Å²) in [5.41, 5.74) is 0. The molecule has 0 bridgehead atoms. The highest BCUT2D eigenvalue weighted by Crippen LogP contribution is 2.17. The van der Waals surface area contributed by atoms with Gasteiger partial charge in [0.05, 0.1) is 0 Å². The Morgan fingerprint density at radius 2 is 0.579 bits per heavy atom. The second-order valence-corrected chi connectivity index (χ2v) is 17.9. The molecule has 0 aromatic heterocycles. The minimum Gasteiger partial charge on any atom is -0.462 e. The van der Waals surface area contributed by atoms with E-state index in [4.69, 9.17) is 14.2 Å². The molecular formula is C51H98O6. The van der Waals surface area contributed by atoms with Gasteiger partial charge in [-0.15, -0.1) is 0 Å². The molecule has 0 N–H and O–H groups in total. The average molecular weight is 807 g/mol. The number of rotatable bonds is 46. The van der Waals surface area contributed by atoms with Crippen molar-refractivity contribution in [1.29, 1.82) is 0 Å². The van der Waals surface area contributed by atoms with E-state index in [1.165, 1.54) is 180 Å². The third kappa shape index (κ3) is 45.3. The fourth-order valence-corrected chi connectivity index (χ4v) is 7.69. The molecule has 338 valence electrons. The van der Waals surface area contributed by atoms with Crippen molar-refractivity contribution in [3.05, 3.63) is 0 Å². The lowest BCUT2D eigenvalue weighted by Crippen LogP contribution is -2.30. The monoisotopic (exact) mass is 807 g/mol. The highest BCUT2D eigenvalue weighted by Gasteiger charge is 2.19. The zero-order valence-electron chi connectivity index (χ0n) is 38.8. The predicted octanol–water partition coefficient (Wildman–Crippen LogP) is 16.3. The highest BCUT2D eigenvalue weighted by atomic mass is 16.6. The Bertz CT molecular complexity index is 857. The molecule has 0 aromatic carbocycles. The first-order chi connectivity index (χ1) is 27.9. The maximum absolute atomic E-state index is 12.8. The molecule has 6 nitrogen and oxygen atoms in total. The van der Waals surface area contributed by atoms with Gasteiger partial charge in [-0.25, -0.2) is 0 Å². The normalized spacial score (nSPS) is 11.9. The van der Waals surface area contributed by atoms with Crippen molar-refractivity contribution in [2.24, 2.45) is 5.92 Å². The Kier molecular flexibility index (Phi) is 44.2. The van der Waals surface area contributed by atoms with Gasteiger partial charge < -0.3 is 14.2 Å². The van der Waals surface area contributed by atoms with Crippen molar-refractivity contribution in [3.8, 4) is 0 Å². The number of hydrogen-bond donors (Lipinski definition) is 0. The molecule has 0 saturated carbocycles. The Morgan fingerprint density at radius 3 is 0.860 bits per heavy atom. The summed E-state index contributed by atoms with van der Waals surface area (Å²) < 4.78 is 16.8. The Balaban J connectivity index is 4.28. The quantitative estimate of drug-likeness (QED) is 0.0346. The first-order valence-electron chi connectivity index (χ1n) is 25.4. The predicted molar refractivity (Wildman–Crippen MR) is 243 cm³/mol. The summed E-state index contributed by atoms with van der Waals surface area (Å²) in [5.74, 6) is -0.0520. The summed E-state index contributed by atoms with van der Waals surface area (Å²) in [4.78, 5) is 37.8. The first-order valence-corrected chi connectivity index (χ1v) is 25.4. The number of esters is 3. The molecule has 0 aliphatic heterocycles. The number of carbonyl (C=O) groups is 3. The molecule has 6 heteroatoms. The van der Waals surface area contributed by atoms with Crippen LogP contribution in [0.4, 0.5) is 0 Å². The molecule has 0 aromatic rings. The molecule has 0 fully saturated rings. The van der Waals surface area contributed by atoms with Gasteiger partial charge in [0.1, 0.15) is 13.2 Å². The Hall–Kier alpha value is -1.59. The maximum Gasteiger partial charge on any atom is 0.306 e. The van der Waals surface area contributed by atoms with Crippen LogP contribution in [0.1, 0.15) is 285 Å². The summed E-state index contributed by atoms with van der Waals surface area (Å²) in [5, 5.41) is 0. The topological polar surface area (TPSA) is 78.9 Å². The van der Waals surface area contributed by atoms with Crippen LogP contribution in [0.25, 0.3) is 0 Å². The fourth-order valence-electron chi connectivity index (χ4n) is 7.69. The largest absolute Gasteiger partial charge is 0.462 e. The van der Waals surface area contributed by atoms with E-state index in [9.17, 15) is 14.4 Å². The van der Waals surface area contributed by atoms with E-state index in [2.05, 4.69) is 27.7 Å². The number of carbonyl (C=O) groups excluding carboxylic acids is 3. The molecule has 0 spiro atoms. The zero-order chi connectivity index (χ0) is 41.7. The molecule has 0 saturated heterocycles. The van der Waals surface area contributed by atoms with Gasteiger partial charge in [0.2, 0.25) is 0 Å². The minimum atomic E-state index is -0.760.